The zero-order valence-electron chi connectivity index (χ0n) is 12.8. The molecule has 0 fully saturated rings. The van der Waals surface area contributed by atoms with Crippen LogP contribution in [-0.4, -0.2) is 12.1 Å². The Balaban J connectivity index is 1.72. The minimum absolute atomic E-state index is 0.174. The molecule has 24 heavy (non-hydrogen) atoms. The summed E-state index contributed by atoms with van der Waals surface area (Å²) in [5.74, 6) is 1.04. The van der Waals surface area contributed by atoms with Gasteiger partial charge in [0.05, 0.1) is 18.7 Å². The van der Waals surface area contributed by atoms with Gasteiger partial charge in [-0.05, 0) is 36.4 Å². The highest BCUT2D eigenvalue weighted by Crippen LogP contribution is 2.29. The summed E-state index contributed by atoms with van der Waals surface area (Å²) in [5.41, 5.74) is 1.75. The van der Waals surface area contributed by atoms with Crippen LogP contribution < -0.4 is 9.47 Å². The molecule has 0 atom stereocenters. The van der Waals surface area contributed by atoms with Crippen molar-refractivity contribution in [2.24, 2.45) is 0 Å². The summed E-state index contributed by atoms with van der Waals surface area (Å²) in [6.45, 7) is 0.174. The van der Waals surface area contributed by atoms with Crippen LogP contribution in [0.5, 0.6) is 11.5 Å². The number of nitrogens with zero attached hydrogens (tertiary/aromatic N) is 2. The maximum Gasteiger partial charge on any atom is 0.226 e. The van der Waals surface area contributed by atoms with Crippen LogP contribution in [0.2, 0.25) is 0 Å². The van der Waals surface area contributed by atoms with E-state index in [1.807, 2.05) is 6.07 Å². The summed E-state index contributed by atoms with van der Waals surface area (Å²) in [6, 6.07) is 12.8. The van der Waals surface area contributed by atoms with E-state index in [1.54, 1.807) is 30.3 Å². The first-order valence-corrected chi connectivity index (χ1v) is 7.11. The molecule has 0 aliphatic carbocycles. The van der Waals surface area contributed by atoms with E-state index in [1.165, 1.54) is 25.5 Å². The lowest BCUT2D eigenvalue weighted by molar-refractivity contribution is 0.280. The van der Waals surface area contributed by atoms with Gasteiger partial charge in [0.2, 0.25) is 5.89 Å². The molecule has 0 radical (unpaired) electrons. The molecule has 0 aliphatic heterocycles. The smallest absolute Gasteiger partial charge is 0.226 e. The molecule has 1 heterocycles. The molecule has 0 unspecified atom stereocenters. The zero-order valence-corrected chi connectivity index (χ0v) is 12.8. The lowest BCUT2D eigenvalue weighted by Gasteiger charge is -2.09. The van der Waals surface area contributed by atoms with Crippen molar-refractivity contribution in [2.45, 2.75) is 6.61 Å². The Morgan fingerprint density at radius 3 is 2.67 bits per heavy atom. The van der Waals surface area contributed by atoms with Gasteiger partial charge in [-0.1, -0.05) is 0 Å². The maximum absolute atomic E-state index is 12.9. The first kappa shape index (κ1) is 15.6. The van der Waals surface area contributed by atoms with Crippen molar-refractivity contribution in [3.8, 4) is 29.0 Å². The summed E-state index contributed by atoms with van der Waals surface area (Å²) in [4.78, 5) is 4.31. The number of oxazole rings is 1. The van der Waals surface area contributed by atoms with Crippen LogP contribution in [0.1, 0.15) is 11.3 Å². The maximum atomic E-state index is 12.9. The molecule has 120 valence electrons. The molecule has 2 aromatic carbocycles. The summed E-state index contributed by atoms with van der Waals surface area (Å²) in [5, 5.41) is 8.89. The van der Waals surface area contributed by atoms with E-state index in [0.29, 0.717) is 34.2 Å². The van der Waals surface area contributed by atoms with Crippen LogP contribution in [-0.2, 0) is 6.61 Å². The Labute approximate surface area is 137 Å². The second kappa shape index (κ2) is 6.84. The van der Waals surface area contributed by atoms with Crippen molar-refractivity contribution in [1.82, 2.24) is 4.98 Å². The van der Waals surface area contributed by atoms with Crippen molar-refractivity contribution in [2.75, 3.05) is 7.11 Å². The normalized spacial score (nSPS) is 10.2. The molecule has 0 N–H and O–H groups in total. The number of nitriles is 1. The Morgan fingerprint density at radius 2 is 1.96 bits per heavy atom. The largest absolute Gasteiger partial charge is 0.493 e. The fourth-order valence-electron chi connectivity index (χ4n) is 2.11. The van der Waals surface area contributed by atoms with Gasteiger partial charge >= 0.3 is 0 Å². The second-order valence-electron chi connectivity index (χ2n) is 4.92. The summed E-state index contributed by atoms with van der Waals surface area (Å²) in [7, 11) is 1.51. The molecular weight excluding hydrogens is 311 g/mol. The standard InChI is InChI=1S/C18H13FN2O3/c1-22-17-8-12(9-20)2-7-16(17)23-10-15-11-24-18(21-15)13-3-5-14(19)6-4-13/h2-8,11H,10H2,1H3. The second-order valence-corrected chi connectivity index (χ2v) is 4.92. The number of ether oxygens (including phenoxy) is 2. The van der Waals surface area contributed by atoms with Crippen LogP contribution >= 0.6 is 0 Å². The molecule has 0 saturated heterocycles. The highest BCUT2D eigenvalue weighted by Gasteiger charge is 2.10. The summed E-state index contributed by atoms with van der Waals surface area (Å²) >= 11 is 0. The first-order chi connectivity index (χ1) is 11.7. The number of aromatic nitrogens is 1. The Kier molecular flexibility index (Phi) is 4.43. The lowest BCUT2D eigenvalue weighted by Crippen LogP contribution is -1.98. The van der Waals surface area contributed by atoms with Crippen molar-refractivity contribution in [3.05, 3.63) is 65.8 Å². The first-order valence-electron chi connectivity index (χ1n) is 7.11. The third kappa shape index (κ3) is 3.36. The van der Waals surface area contributed by atoms with E-state index in [-0.39, 0.29) is 12.4 Å². The molecule has 1 aromatic heterocycles. The molecule has 0 spiro atoms. The molecule has 0 aliphatic rings. The number of benzene rings is 2. The fraction of sp³-hybridized carbons (Fsp3) is 0.111. The average Bonchev–Trinajstić information content (AvgIpc) is 3.09. The Hall–Kier alpha value is -3.33. The topological polar surface area (TPSA) is 68.3 Å². The third-order valence-electron chi connectivity index (χ3n) is 3.31. The van der Waals surface area contributed by atoms with Crippen molar-refractivity contribution in [1.29, 1.82) is 5.26 Å². The van der Waals surface area contributed by atoms with Crippen molar-refractivity contribution < 1.29 is 18.3 Å². The summed E-state index contributed by atoms with van der Waals surface area (Å²) in [6.07, 6.45) is 1.48. The van der Waals surface area contributed by atoms with Crippen molar-refractivity contribution in [3.63, 3.8) is 0 Å². The molecular formula is C18H13FN2O3. The number of hydrogen-bond donors (Lipinski definition) is 0. The number of methoxy groups -OCH3 is 1. The van der Waals surface area contributed by atoms with E-state index < -0.39 is 0 Å². The van der Waals surface area contributed by atoms with Gasteiger partial charge < -0.3 is 13.9 Å². The van der Waals surface area contributed by atoms with Gasteiger partial charge in [0, 0.05) is 11.6 Å². The fourth-order valence-corrected chi connectivity index (χ4v) is 2.11. The van der Waals surface area contributed by atoms with Crippen molar-refractivity contribution >= 4 is 0 Å². The molecule has 0 bridgehead atoms. The van der Waals surface area contributed by atoms with Gasteiger partial charge in [0.15, 0.2) is 11.5 Å². The highest BCUT2D eigenvalue weighted by atomic mass is 19.1. The van der Waals surface area contributed by atoms with E-state index in [4.69, 9.17) is 19.2 Å². The number of hydrogen-bond acceptors (Lipinski definition) is 5. The predicted octanol–water partition coefficient (Wildman–Crippen LogP) is 3.94. The van der Waals surface area contributed by atoms with Gasteiger partial charge in [0.25, 0.3) is 0 Å². The number of halogens is 1. The zero-order chi connectivity index (χ0) is 16.9. The molecule has 6 heteroatoms. The molecule has 0 saturated carbocycles. The molecule has 5 nitrogen and oxygen atoms in total. The minimum atomic E-state index is -0.318. The monoisotopic (exact) mass is 324 g/mol. The lowest BCUT2D eigenvalue weighted by atomic mass is 10.2. The third-order valence-corrected chi connectivity index (χ3v) is 3.31. The van der Waals surface area contributed by atoms with Crippen LogP contribution in [0.25, 0.3) is 11.5 Å². The number of rotatable bonds is 5. The van der Waals surface area contributed by atoms with Gasteiger partial charge in [-0.2, -0.15) is 5.26 Å². The van der Waals surface area contributed by atoms with Crippen LogP contribution in [0.3, 0.4) is 0 Å². The van der Waals surface area contributed by atoms with Crippen LogP contribution in [0.4, 0.5) is 4.39 Å². The molecule has 3 aromatic rings. The Bertz CT molecular complexity index is 882. The average molecular weight is 324 g/mol. The Morgan fingerprint density at radius 1 is 1.17 bits per heavy atom. The minimum Gasteiger partial charge on any atom is -0.493 e. The van der Waals surface area contributed by atoms with Gasteiger partial charge in [-0.3, -0.25) is 0 Å². The van der Waals surface area contributed by atoms with E-state index >= 15 is 0 Å². The van der Waals surface area contributed by atoms with E-state index in [9.17, 15) is 4.39 Å². The van der Waals surface area contributed by atoms with Crippen LogP contribution in [0.15, 0.2) is 53.1 Å². The van der Waals surface area contributed by atoms with Gasteiger partial charge in [-0.25, -0.2) is 9.37 Å². The predicted molar refractivity (Wildman–Crippen MR) is 83.9 cm³/mol. The molecule has 0 amide bonds. The summed E-state index contributed by atoms with van der Waals surface area (Å²) < 4.78 is 29.2. The van der Waals surface area contributed by atoms with E-state index in [0.717, 1.165) is 0 Å². The molecule has 3 rings (SSSR count). The van der Waals surface area contributed by atoms with E-state index in [2.05, 4.69) is 4.98 Å². The highest BCUT2D eigenvalue weighted by molar-refractivity contribution is 5.52. The van der Waals surface area contributed by atoms with Gasteiger partial charge in [0.1, 0.15) is 24.4 Å². The quantitative estimate of drug-likeness (QED) is 0.711. The van der Waals surface area contributed by atoms with Gasteiger partial charge in [-0.15, -0.1) is 0 Å². The SMILES string of the molecule is COc1cc(C#N)ccc1OCc1coc(-c2ccc(F)cc2)n1. The van der Waals surface area contributed by atoms with Crippen LogP contribution in [0, 0.1) is 17.1 Å².